The predicted octanol–water partition coefficient (Wildman–Crippen LogP) is 3.26. The Bertz CT molecular complexity index is 940. The molecule has 0 radical (unpaired) electrons. The van der Waals surface area contributed by atoms with Gasteiger partial charge in [0.25, 0.3) is 11.4 Å². The summed E-state index contributed by atoms with van der Waals surface area (Å²) >= 11 is 0. The lowest BCUT2D eigenvalue weighted by molar-refractivity contribution is -0.393. The van der Waals surface area contributed by atoms with Crippen LogP contribution in [0, 0.1) is 20.2 Å². The molecule has 0 aliphatic rings. The smallest absolute Gasteiger partial charge is 0.299 e. The number of non-ortho nitro benzene ring substituents is 1. The maximum absolute atomic E-state index is 11.2. The average Bonchev–Trinajstić information content (AvgIpc) is 3.16. The Morgan fingerprint density at radius 1 is 1.08 bits per heavy atom. The average molecular weight is 354 g/mol. The van der Waals surface area contributed by atoms with Crippen LogP contribution in [0.15, 0.2) is 55.1 Å². The molecule has 3 aromatic rings. The zero-order chi connectivity index (χ0) is 18.7. The third-order valence-corrected chi connectivity index (χ3v) is 3.84. The summed E-state index contributed by atoms with van der Waals surface area (Å²) in [5, 5.41) is 29.1. The van der Waals surface area contributed by atoms with E-state index >= 15 is 0 Å². The monoisotopic (exact) mass is 354 g/mol. The second-order valence-electron chi connectivity index (χ2n) is 5.51. The van der Waals surface area contributed by atoms with Gasteiger partial charge in [-0.1, -0.05) is 12.1 Å². The molecular formula is C16H14N6O4. The number of aromatic nitrogens is 3. The van der Waals surface area contributed by atoms with E-state index in [0.717, 1.165) is 17.3 Å². The van der Waals surface area contributed by atoms with Crippen LogP contribution in [0.1, 0.15) is 18.5 Å². The second kappa shape index (κ2) is 6.97. The predicted molar refractivity (Wildman–Crippen MR) is 93.1 cm³/mol. The van der Waals surface area contributed by atoms with E-state index in [1.807, 2.05) is 31.2 Å². The van der Waals surface area contributed by atoms with Crippen LogP contribution in [0.5, 0.6) is 0 Å². The van der Waals surface area contributed by atoms with Crippen molar-refractivity contribution >= 4 is 17.1 Å². The van der Waals surface area contributed by atoms with E-state index in [1.165, 1.54) is 18.5 Å². The largest absolute Gasteiger partial charge is 0.373 e. The van der Waals surface area contributed by atoms with Gasteiger partial charge < -0.3 is 5.32 Å². The van der Waals surface area contributed by atoms with Crippen molar-refractivity contribution in [3.63, 3.8) is 0 Å². The van der Waals surface area contributed by atoms with Gasteiger partial charge in [0, 0.05) is 12.1 Å². The maximum Gasteiger partial charge on any atom is 0.299 e. The van der Waals surface area contributed by atoms with Crippen molar-refractivity contribution in [2.75, 3.05) is 5.32 Å². The Morgan fingerprint density at radius 3 is 2.38 bits per heavy atom. The van der Waals surface area contributed by atoms with E-state index in [9.17, 15) is 20.2 Å². The van der Waals surface area contributed by atoms with Gasteiger partial charge in [-0.3, -0.25) is 20.2 Å². The fourth-order valence-corrected chi connectivity index (χ4v) is 2.48. The summed E-state index contributed by atoms with van der Waals surface area (Å²) in [5.74, 6) is 0. The number of hydrogen-bond acceptors (Lipinski definition) is 7. The summed E-state index contributed by atoms with van der Waals surface area (Å²) in [7, 11) is 0. The van der Waals surface area contributed by atoms with Gasteiger partial charge in [0.2, 0.25) is 0 Å². The number of nitro benzene ring substituents is 2. The minimum Gasteiger partial charge on any atom is -0.373 e. The first-order chi connectivity index (χ1) is 12.5. The molecule has 0 saturated carbocycles. The zero-order valence-electron chi connectivity index (χ0n) is 13.6. The summed E-state index contributed by atoms with van der Waals surface area (Å²) < 4.78 is 1.61. The first-order valence-corrected chi connectivity index (χ1v) is 7.60. The molecule has 0 bridgehead atoms. The zero-order valence-corrected chi connectivity index (χ0v) is 13.6. The fraction of sp³-hybridized carbons (Fsp3) is 0.125. The highest BCUT2D eigenvalue weighted by atomic mass is 16.6. The van der Waals surface area contributed by atoms with Crippen molar-refractivity contribution in [1.82, 2.24) is 14.8 Å². The van der Waals surface area contributed by atoms with Crippen LogP contribution in [0.3, 0.4) is 0 Å². The van der Waals surface area contributed by atoms with E-state index in [-0.39, 0.29) is 23.1 Å². The molecule has 1 aromatic heterocycles. The van der Waals surface area contributed by atoms with Gasteiger partial charge in [-0.05, 0) is 30.7 Å². The third kappa shape index (κ3) is 3.48. The summed E-state index contributed by atoms with van der Waals surface area (Å²) in [6, 6.07) is 10.7. The van der Waals surface area contributed by atoms with Crippen molar-refractivity contribution in [2.45, 2.75) is 13.0 Å². The van der Waals surface area contributed by atoms with E-state index in [1.54, 1.807) is 11.0 Å². The molecule has 132 valence electrons. The van der Waals surface area contributed by atoms with Gasteiger partial charge in [-0.15, -0.1) is 0 Å². The topological polar surface area (TPSA) is 129 Å². The Hall–Kier alpha value is -3.82. The number of benzene rings is 2. The van der Waals surface area contributed by atoms with Gasteiger partial charge in [0.15, 0.2) is 0 Å². The van der Waals surface area contributed by atoms with Crippen LogP contribution in [0.25, 0.3) is 5.69 Å². The summed E-state index contributed by atoms with van der Waals surface area (Å²) in [4.78, 5) is 24.6. The van der Waals surface area contributed by atoms with Gasteiger partial charge in [-0.25, -0.2) is 9.67 Å². The SMILES string of the molecule is CC(Nc1ccc([N+](=O)[O-])cc1[N+](=O)[O-])c1ccc(-n2cncn2)cc1. The van der Waals surface area contributed by atoms with E-state index in [2.05, 4.69) is 15.4 Å². The lowest BCUT2D eigenvalue weighted by Crippen LogP contribution is -2.09. The van der Waals surface area contributed by atoms with Crippen LogP contribution in [-0.4, -0.2) is 24.6 Å². The maximum atomic E-state index is 11.2. The first-order valence-electron chi connectivity index (χ1n) is 7.60. The van der Waals surface area contributed by atoms with Crippen LogP contribution < -0.4 is 5.32 Å². The van der Waals surface area contributed by atoms with Crippen LogP contribution in [0.4, 0.5) is 17.1 Å². The van der Waals surface area contributed by atoms with Gasteiger partial charge in [0.1, 0.15) is 18.3 Å². The molecule has 10 heteroatoms. The van der Waals surface area contributed by atoms with E-state index < -0.39 is 9.85 Å². The Kier molecular flexibility index (Phi) is 4.56. The molecule has 0 aliphatic carbocycles. The number of anilines is 1. The molecule has 1 atom stereocenters. The molecule has 1 N–H and O–H groups in total. The third-order valence-electron chi connectivity index (χ3n) is 3.84. The van der Waals surface area contributed by atoms with Crippen molar-refractivity contribution in [3.8, 4) is 5.69 Å². The van der Waals surface area contributed by atoms with Crippen LogP contribution in [-0.2, 0) is 0 Å². The minimum atomic E-state index is -0.664. The van der Waals surface area contributed by atoms with Crippen molar-refractivity contribution < 1.29 is 9.85 Å². The number of rotatable bonds is 6. The summed E-state index contributed by atoms with van der Waals surface area (Å²) in [6.07, 6.45) is 3.02. The van der Waals surface area contributed by atoms with Gasteiger partial charge in [-0.2, -0.15) is 5.10 Å². The normalized spacial score (nSPS) is 11.7. The Balaban J connectivity index is 1.82. The molecular weight excluding hydrogens is 340 g/mol. The van der Waals surface area contributed by atoms with Crippen molar-refractivity contribution in [1.29, 1.82) is 0 Å². The van der Waals surface area contributed by atoms with Crippen molar-refractivity contribution in [3.05, 3.63) is 80.9 Å². The minimum absolute atomic E-state index is 0.216. The number of nitrogens with zero attached hydrogens (tertiary/aromatic N) is 5. The standard InChI is InChI=1S/C16H14N6O4/c1-11(12-2-4-13(5-3-12)20-10-17-9-18-20)19-15-7-6-14(21(23)24)8-16(15)22(25)26/h2-11,19H,1H3. The number of hydrogen-bond donors (Lipinski definition) is 1. The quantitative estimate of drug-likeness (QED) is 0.531. The lowest BCUT2D eigenvalue weighted by Gasteiger charge is -2.16. The van der Waals surface area contributed by atoms with E-state index in [0.29, 0.717) is 0 Å². The summed E-state index contributed by atoms with van der Waals surface area (Å²) in [5.41, 5.74) is 1.27. The number of nitrogens with one attached hydrogen (secondary N) is 1. The van der Waals surface area contributed by atoms with Crippen LogP contribution >= 0.6 is 0 Å². The second-order valence-corrected chi connectivity index (χ2v) is 5.51. The van der Waals surface area contributed by atoms with Gasteiger partial charge in [0.05, 0.1) is 21.6 Å². The van der Waals surface area contributed by atoms with Crippen molar-refractivity contribution in [2.24, 2.45) is 0 Å². The fourth-order valence-electron chi connectivity index (χ4n) is 2.48. The molecule has 3 rings (SSSR count). The highest BCUT2D eigenvalue weighted by Crippen LogP contribution is 2.31. The Morgan fingerprint density at radius 2 is 1.81 bits per heavy atom. The number of nitro groups is 2. The first kappa shape index (κ1) is 17.0. The molecule has 2 aromatic carbocycles. The molecule has 26 heavy (non-hydrogen) atoms. The van der Waals surface area contributed by atoms with Crippen LogP contribution in [0.2, 0.25) is 0 Å². The molecule has 10 nitrogen and oxygen atoms in total. The molecule has 1 heterocycles. The molecule has 1 unspecified atom stereocenters. The molecule has 0 aliphatic heterocycles. The molecule has 0 spiro atoms. The highest BCUT2D eigenvalue weighted by Gasteiger charge is 2.20. The molecule has 0 saturated heterocycles. The molecule has 0 amide bonds. The Labute approximate surface area is 147 Å². The lowest BCUT2D eigenvalue weighted by atomic mass is 10.1. The van der Waals surface area contributed by atoms with E-state index in [4.69, 9.17) is 0 Å². The van der Waals surface area contributed by atoms with Gasteiger partial charge >= 0.3 is 0 Å². The highest BCUT2D eigenvalue weighted by molar-refractivity contribution is 5.66. The molecule has 0 fully saturated rings. The summed E-state index contributed by atoms with van der Waals surface area (Å²) in [6.45, 7) is 1.84.